The highest BCUT2D eigenvalue weighted by Crippen LogP contribution is 2.35. The second-order valence-electron chi connectivity index (χ2n) is 4.84. The van der Waals surface area contributed by atoms with Crippen LogP contribution in [0.25, 0.3) is 0 Å². The molecular formula is C16H15NO3. The Kier molecular flexibility index (Phi) is 3.16. The second kappa shape index (κ2) is 4.98. The fourth-order valence-corrected chi connectivity index (χ4v) is 2.55. The number of nitrogens with zero attached hydrogens (tertiary/aromatic N) is 1. The third-order valence-electron chi connectivity index (χ3n) is 3.59. The molecule has 0 saturated heterocycles. The minimum absolute atomic E-state index is 0.0268. The molecular weight excluding hydrogens is 254 g/mol. The second-order valence-corrected chi connectivity index (χ2v) is 4.84. The molecule has 102 valence electrons. The highest BCUT2D eigenvalue weighted by Gasteiger charge is 2.28. The van der Waals surface area contributed by atoms with Crippen molar-refractivity contribution in [3.63, 3.8) is 0 Å². The Balaban J connectivity index is 2.02. The lowest BCUT2D eigenvalue weighted by Crippen LogP contribution is -2.36. The van der Waals surface area contributed by atoms with Gasteiger partial charge < -0.3 is 15.1 Å². The van der Waals surface area contributed by atoms with Gasteiger partial charge in [-0.15, -0.1) is 0 Å². The Morgan fingerprint density at radius 3 is 2.60 bits per heavy atom. The van der Waals surface area contributed by atoms with Crippen molar-refractivity contribution < 1.29 is 15.0 Å². The van der Waals surface area contributed by atoms with Crippen LogP contribution in [0.4, 0.5) is 5.69 Å². The lowest BCUT2D eigenvalue weighted by molar-refractivity contribution is 0.0968. The van der Waals surface area contributed by atoms with E-state index in [2.05, 4.69) is 0 Å². The molecule has 1 aliphatic heterocycles. The van der Waals surface area contributed by atoms with Crippen molar-refractivity contribution in [2.45, 2.75) is 12.5 Å². The van der Waals surface area contributed by atoms with E-state index in [9.17, 15) is 15.0 Å². The summed E-state index contributed by atoms with van der Waals surface area (Å²) in [4.78, 5) is 14.2. The minimum Gasteiger partial charge on any atom is -0.507 e. The zero-order valence-electron chi connectivity index (χ0n) is 10.9. The smallest absolute Gasteiger partial charge is 0.262 e. The van der Waals surface area contributed by atoms with Crippen molar-refractivity contribution in [2.24, 2.45) is 0 Å². The van der Waals surface area contributed by atoms with Crippen LogP contribution in [0.5, 0.6) is 5.75 Å². The predicted molar refractivity (Wildman–Crippen MR) is 75.8 cm³/mol. The summed E-state index contributed by atoms with van der Waals surface area (Å²) in [6, 6.07) is 13.8. The van der Waals surface area contributed by atoms with E-state index < -0.39 is 6.10 Å². The van der Waals surface area contributed by atoms with E-state index in [4.69, 9.17) is 0 Å². The number of aliphatic hydroxyl groups is 1. The predicted octanol–water partition coefficient (Wildman–Crippen LogP) is 2.48. The third-order valence-corrected chi connectivity index (χ3v) is 3.59. The molecule has 0 aromatic heterocycles. The number of anilines is 1. The third kappa shape index (κ3) is 2.04. The first-order chi connectivity index (χ1) is 9.68. The van der Waals surface area contributed by atoms with Crippen LogP contribution in [0.15, 0.2) is 48.5 Å². The van der Waals surface area contributed by atoms with Crippen LogP contribution in [0.3, 0.4) is 0 Å². The molecule has 1 atom stereocenters. The van der Waals surface area contributed by atoms with Crippen molar-refractivity contribution in [1.82, 2.24) is 0 Å². The molecule has 3 rings (SSSR count). The summed E-state index contributed by atoms with van der Waals surface area (Å²) in [6.45, 7) is 0.436. The number of phenols is 1. The van der Waals surface area contributed by atoms with Crippen LogP contribution in [0, 0.1) is 0 Å². The molecule has 1 aliphatic rings. The monoisotopic (exact) mass is 269 g/mol. The lowest BCUT2D eigenvalue weighted by atomic mass is 9.98. The number of hydrogen-bond donors (Lipinski definition) is 2. The van der Waals surface area contributed by atoms with Crippen LogP contribution in [-0.2, 0) is 0 Å². The molecule has 2 aromatic rings. The zero-order valence-corrected chi connectivity index (χ0v) is 10.9. The maximum atomic E-state index is 12.6. The van der Waals surface area contributed by atoms with Crippen LogP contribution < -0.4 is 4.90 Å². The molecule has 2 N–H and O–H groups in total. The molecule has 4 nitrogen and oxygen atoms in total. The number of amides is 1. The molecule has 20 heavy (non-hydrogen) atoms. The van der Waals surface area contributed by atoms with Gasteiger partial charge in [0.1, 0.15) is 5.75 Å². The number of benzene rings is 2. The van der Waals surface area contributed by atoms with Gasteiger partial charge in [-0.25, -0.2) is 0 Å². The van der Waals surface area contributed by atoms with Gasteiger partial charge in [0.2, 0.25) is 0 Å². The van der Waals surface area contributed by atoms with Crippen molar-refractivity contribution in [2.75, 3.05) is 11.4 Å². The van der Waals surface area contributed by atoms with E-state index in [-0.39, 0.29) is 17.2 Å². The molecule has 0 bridgehead atoms. The fraction of sp³-hybridized carbons (Fsp3) is 0.188. The van der Waals surface area contributed by atoms with Gasteiger partial charge in [-0.1, -0.05) is 30.3 Å². The Morgan fingerprint density at radius 2 is 1.80 bits per heavy atom. The van der Waals surface area contributed by atoms with Crippen molar-refractivity contribution in [3.05, 3.63) is 59.7 Å². The quantitative estimate of drug-likeness (QED) is 0.836. The number of phenolic OH excluding ortho intramolecular Hbond substituents is 1. The molecule has 2 aromatic carbocycles. The Morgan fingerprint density at radius 1 is 1.10 bits per heavy atom. The number of aromatic hydroxyl groups is 1. The zero-order chi connectivity index (χ0) is 14.1. The van der Waals surface area contributed by atoms with Crippen LogP contribution in [-0.4, -0.2) is 22.7 Å². The first-order valence-corrected chi connectivity index (χ1v) is 6.55. The first-order valence-electron chi connectivity index (χ1n) is 6.55. The number of hydrogen-bond acceptors (Lipinski definition) is 3. The summed E-state index contributed by atoms with van der Waals surface area (Å²) in [7, 11) is 0. The van der Waals surface area contributed by atoms with E-state index in [1.165, 1.54) is 6.07 Å². The Bertz CT molecular complexity index is 654. The minimum atomic E-state index is -0.542. The normalized spacial score (nSPS) is 17.6. The summed E-state index contributed by atoms with van der Waals surface area (Å²) in [5.41, 5.74) is 1.74. The highest BCUT2D eigenvalue weighted by atomic mass is 16.3. The van der Waals surface area contributed by atoms with E-state index in [0.717, 1.165) is 5.56 Å². The maximum absolute atomic E-state index is 12.6. The number of rotatable bonds is 1. The molecule has 1 heterocycles. The topological polar surface area (TPSA) is 60.8 Å². The summed E-state index contributed by atoms with van der Waals surface area (Å²) >= 11 is 0. The number of carbonyl (C=O) groups excluding carboxylic acids is 1. The van der Waals surface area contributed by atoms with Crippen molar-refractivity contribution >= 4 is 11.6 Å². The molecule has 4 heteroatoms. The van der Waals surface area contributed by atoms with Crippen LogP contribution >= 0.6 is 0 Å². The molecule has 1 unspecified atom stereocenters. The molecule has 0 spiro atoms. The van der Waals surface area contributed by atoms with Crippen LogP contribution in [0.1, 0.15) is 28.4 Å². The molecule has 0 aliphatic carbocycles. The van der Waals surface area contributed by atoms with Gasteiger partial charge in [0, 0.05) is 17.8 Å². The molecule has 0 saturated carbocycles. The summed E-state index contributed by atoms with van der Waals surface area (Å²) in [6.07, 6.45) is -0.0456. The van der Waals surface area contributed by atoms with Crippen molar-refractivity contribution in [3.8, 4) is 5.75 Å². The van der Waals surface area contributed by atoms with E-state index in [0.29, 0.717) is 18.7 Å². The van der Waals surface area contributed by atoms with Crippen LogP contribution in [0.2, 0.25) is 0 Å². The summed E-state index contributed by atoms with van der Waals surface area (Å²) in [5, 5.41) is 19.8. The SMILES string of the molecule is O=C(c1ccccc1O)N1CCC(O)c2ccccc21. The van der Waals surface area contributed by atoms with E-state index >= 15 is 0 Å². The van der Waals surface area contributed by atoms with Gasteiger partial charge >= 0.3 is 0 Å². The highest BCUT2D eigenvalue weighted by molar-refractivity contribution is 6.08. The van der Waals surface area contributed by atoms with Gasteiger partial charge in [0.25, 0.3) is 5.91 Å². The average Bonchev–Trinajstić information content (AvgIpc) is 2.48. The average molecular weight is 269 g/mol. The van der Waals surface area contributed by atoms with Crippen molar-refractivity contribution in [1.29, 1.82) is 0 Å². The molecule has 0 radical (unpaired) electrons. The first kappa shape index (κ1) is 12.7. The van der Waals surface area contributed by atoms with Gasteiger partial charge in [-0.3, -0.25) is 4.79 Å². The summed E-state index contributed by atoms with van der Waals surface area (Å²) < 4.78 is 0. The number of fused-ring (bicyclic) bond motifs is 1. The molecule has 0 fully saturated rings. The number of para-hydroxylation sites is 2. The molecule has 1 amide bonds. The lowest BCUT2D eigenvalue weighted by Gasteiger charge is -2.32. The Labute approximate surface area is 116 Å². The standard InChI is InChI=1S/C16H15NO3/c18-14-8-4-2-6-12(14)16(20)17-10-9-15(19)11-5-1-3-7-13(11)17/h1-8,15,18-19H,9-10H2. The maximum Gasteiger partial charge on any atom is 0.262 e. The largest absolute Gasteiger partial charge is 0.507 e. The van der Waals surface area contributed by atoms with Gasteiger partial charge in [-0.2, -0.15) is 0 Å². The van der Waals surface area contributed by atoms with Gasteiger partial charge in [0.05, 0.1) is 11.7 Å². The fourth-order valence-electron chi connectivity index (χ4n) is 2.55. The van der Waals surface area contributed by atoms with E-state index in [1.807, 2.05) is 24.3 Å². The van der Waals surface area contributed by atoms with Gasteiger partial charge in [0.15, 0.2) is 0 Å². The summed E-state index contributed by atoms with van der Waals surface area (Å²) in [5.74, 6) is -0.274. The van der Waals surface area contributed by atoms with Gasteiger partial charge in [-0.05, 0) is 24.6 Å². The number of carbonyl (C=O) groups is 1. The Hall–Kier alpha value is -2.33. The number of aliphatic hydroxyl groups excluding tert-OH is 1. The van der Waals surface area contributed by atoms with E-state index in [1.54, 1.807) is 23.1 Å².